The van der Waals surface area contributed by atoms with Crippen LogP contribution in [0, 0.1) is 17.7 Å². The summed E-state index contributed by atoms with van der Waals surface area (Å²) in [5.74, 6) is 4.12. The molecule has 0 aliphatic carbocycles. The molecule has 1 fully saturated rings. The van der Waals surface area contributed by atoms with Gasteiger partial charge in [0.25, 0.3) is 0 Å². The summed E-state index contributed by atoms with van der Waals surface area (Å²) in [6, 6.07) is 4.12. The first-order valence-corrected chi connectivity index (χ1v) is 6.61. The van der Waals surface area contributed by atoms with Crippen molar-refractivity contribution >= 4 is 5.91 Å². The normalized spacial score (nSPS) is 18.9. The Kier molecular flexibility index (Phi) is 5.28. The largest absolute Gasteiger partial charge is 0.384 e. The Morgan fingerprint density at radius 1 is 1.57 bits per heavy atom. The maximum absolute atomic E-state index is 13.6. The van der Waals surface area contributed by atoms with Crippen molar-refractivity contribution in [1.29, 1.82) is 0 Å². The molecule has 3 N–H and O–H groups in total. The van der Waals surface area contributed by atoms with Crippen LogP contribution in [-0.2, 0) is 16.1 Å². The summed E-state index contributed by atoms with van der Waals surface area (Å²) in [6.45, 7) is 1.53. The molecule has 1 aliphatic rings. The molecule has 1 heterocycles. The smallest absolute Gasteiger partial charge is 0.237 e. The minimum absolute atomic E-state index is 0.227. The number of carbonyl (C=O) groups is 1. The van der Waals surface area contributed by atoms with Crippen molar-refractivity contribution in [2.45, 2.75) is 12.6 Å². The van der Waals surface area contributed by atoms with E-state index in [2.05, 4.69) is 11.8 Å². The standard InChI is InChI=1S/C15H17FN2O3/c16-13-4-3-11(8-12(13)2-1-6-19)9-18-5-7-21-10-14(18)15(17)20/h3-4,8,14,19H,5-7,9-10H2,(H2,17,20). The van der Waals surface area contributed by atoms with E-state index in [0.717, 1.165) is 5.56 Å². The van der Waals surface area contributed by atoms with Gasteiger partial charge in [-0.1, -0.05) is 17.9 Å². The van der Waals surface area contributed by atoms with Crippen molar-refractivity contribution in [3.63, 3.8) is 0 Å². The van der Waals surface area contributed by atoms with Crippen LogP contribution >= 0.6 is 0 Å². The maximum atomic E-state index is 13.6. The summed E-state index contributed by atoms with van der Waals surface area (Å²) in [5, 5.41) is 8.68. The second kappa shape index (κ2) is 7.18. The lowest BCUT2D eigenvalue weighted by Gasteiger charge is -2.33. The molecule has 0 bridgehead atoms. The number of morpholine rings is 1. The molecule has 1 aromatic rings. The number of benzene rings is 1. The van der Waals surface area contributed by atoms with Gasteiger partial charge in [0.15, 0.2) is 0 Å². The van der Waals surface area contributed by atoms with Crippen molar-refractivity contribution in [3.8, 4) is 11.8 Å². The second-order valence-electron chi connectivity index (χ2n) is 4.74. The molecule has 5 nitrogen and oxygen atoms in total. The Bertz CT molecular complexity index is 580. The van der Waals surface area contributed by atoms with Crippen molar-refractivity contribution in [1.82, 2.24) is 4.90 Å². The molecule has 112 valence electrons. The SMILES string of the molecule is NC(=O)C1COCCN1Cc1ccc(F)c(C#CCO)c1. The molecule has 0 radical (unpaired) electrons. The number of carbonyl (C=O) groups excluding carboxylic acids is 1. The number of amides is 1. The minimum atomic E-state index is -0.476. The Balaban J connectivity index is 2.16. The Labute approximate surface area is 122 Å². The van der Waals surface area contributed by atoms with Gasteiger partial charge in [-0.2, -0.15) is 0 Å². The molecule has 6 heteroatoms. The summed E-state index contributed by atoms with van der Waals surface area (Å²) in [4.78, 5) is 13.3. The topological polar surface area (TPSA) is 75.8 Å². The predicted octanol–water partition coefficient (Wildman–Crippen LogP) is -0.144. The van der Waals surface area contributed by atoms with E-state index < -0.39 is 17.8 Å². The molecular formula is C15H17FN2O3. The fourth-order valence-electron chi connectivity index (χ4n) is 2.23. The summed E-state index contributed by atoms with van der Waals surface area (Å²) in [5.41, 5.74) is 6.41. The molecule has 1 atom stereocenters. The highest BCUT2D eigenvalue weighted by molar-refractivity contribution is 5.80. The van der Waals surface area contributed by atoms with E-state index in [4.69, 9.17) is 15.6 Å². The summed E-state index contributed by atoms with van der Waals surface area (Å²) in [6.07, 6.45) is 0. The molecule has 21 heavy (non-hydrogen) atoms. The zero-order valence-corrected chi connectivity index (χ0v) is 11.5. The Morgan fingerprint density at radius 2 is 2.38 bits per heavy atom. The van der Waals surface area contributed by atoms with E-state index in [-0.39, 0.29) is 18.8 Å². The van der Waals surface area contributed by atoms with E-state index in [1.165, 1.54) is 6.07 Å². The van der Waals surface area contributed by atoms with Crippen LogP contribution in [0.3, 0.4) is 0 Å². The first kappa shape index (κ1) is 15.4. The van der Waals surface area contributed by atoms with Crippen LogP contribution in [0.2, 0.25) is 0 Å². The number of aliphatic hydroxyl groups excluding tert-OH is 1. The summed E-state index contributed by atoms with van der Waals surface area (Å²) < 4.78 is 18.8. The molecule has 1 aliphatic heterocycles. The third kappa shape index (κ3) is 4.02. The number of ether oxygens (including phenoxy) is 1. The van der Waals surface area contributed by atoms with Crippen LogP contribution in [0.25, 0.3) is 0 Å². The third-order valence-corrected chi connectivity index (χ3v) is 3.29. The second-order valence-corrected chi connectivity index (χ2v) is 4.74. The van der Waals surface area contributed by atoms with E-state index in [0.29, 0.717) is 19.7 Å². The van der Waals surface area contributed by atoms with Gasteiger partial charge in [-0.05, 0) is 17.7 Å². The number of halogens is 1. The van der Waals surface area contributed by atoms with Gasteiger partial charge in [0.2, 0.25) is 5.91 Å². The van der Waals surface area contributed by atoms with Gasteiger partial charge in [0.05, 0.1) is 18.8 Å². The number of hydrogen-bond acceptors (Lipinski definition) is 4. The van der Waals surface area contributed by atoms with Gasteiger partial charge >= 0.3 is 0 Å². The highest BCUT2D eigenvalue weighted by atomic mass is 19.1. The average Bonchev–Trinajstić information content (AvgIpc) is 2.48. The molecule has 1 saturated heterocycles. The van der Waals surface area contributed by atoms with E-state index in [1.807, 2.05) is 4.90 Å². The van der Waals surface area contributed by atoms with Gasteiger partial charge < -0.3 is 15.6 Å². The van der Waals surface area contributed by atoms with Crippen LogP contribution in [0.1, 0.15) is 11.1 Å². The lowest BCUT2D eigenvalue weighted by molar-refractivity contribution is -0.129. The van der Waals surface area contributed by atoms with Gasteiger partial charge in [-0.15, -0.1) is 0 Å². The molecule has 2 rings (SSSR count). The zero-order chi connectivity index (χ0) is 15.2. The highest BCUT2D eigenvalue weighted by Crippen LogP contribution is 2.15. The van der Waals surface area contributed by atoms with Gasteiger partial charge in [0.1, 0.15) is 18.5 Å². The van der Waals surface area contributed by atoms with Crippen LogP contribution in [0.5, 0.6) is 0 Å². The number of aliphatic hydroxyl groups is 1. The average molecular weight is 292 g/mol. The first-order valence-electron chi connectivity index (χ1n) is 6.61. The minimum Gasteiger partial charge on any atom is -0.384 e. The van der Waals surface area contributed by atoms with Crippen LogP contribution in [0.15, 0.2) is 18.2 Å². The van der Waals surface area contributed by atoms with Crippen LogP contribution < -0.4 is 5.73 Å². The summed E-state index contributed by atoms with van der Waals surface area (Å²) in [7, 11) is 0. The van der Waals surface area contributed by atoms with Gasteiger partial charge in [0, 0.05) is 13.1 Å². The number of nitrogens with zero attached hydrogens (tertiary/aromatic N) is 1. The lowest BCUT2D eigenvalue weighted by Crippen LogP contribution is -2.51. The molecule has 0 spiro atoms. The van der Waals surface area contributed by atoms with Gasteiger partial charge in [-0.3, -0.25) is 9.69 Å². The molecule has 1 unspecified atom stereocenters. The monoisotopic (exact) mass is 292 g/mol. The lowest BCUT2D eigenvalue weighted by atomic mass is 10.1. The molecule has 1 aromatic carbocycles. The van der Waals surface area contributed by atoms with Crippen molar-refractivity contribution in [2.24, 2.45) is 5.73 Å². The number of hydrogen-bond donors (Lipinski definition) is 2. The van der Waals surface area contributed by atoms with Crippen molar-refractivity contribution < 1.29 is 19.0 Å². The number of nitrogens with two attached hydrogens (primary N) is 1. The number of primary amides is 1. The zero-order valence-electron chi connectivity index (χ0n) is 11.5. The number of rotatable bonds is 3. The molecule has 0 aromatic heterocycles. The van der Waals surface area contributed by atoms with E-state index in [1.54, 1.807) is 12.1 Å². The van der Waals surface area contributed by atoms with Crippen LogP contribution in [-0.4, -0.2) is 48.3 Å². The van der Waals surface area contributed by atoms with Crippen molar-refractivity contribution in [3.05, 3.63) is 35.1 Å². The first-order chi connectivity index (χ1) is 10.1. The predicted molar refractivity (Wildman–Crippen MR) is 74.6 cm³/mol. The quantitative estimate of drug-likeness (QED) is 0.760. The Hall–Kier alpha value is -1.94. The third-order valence-electron chi connectivity index (χ3n) is 3.29. The fraction of sp³-hybridized carbons (Fsp3) is 0.400. The molecule has 1 amide bonds. The van der Waals surface area contributed by atoms with E-state index in [9.17, 15) is 9.18 Å². The summed E-state index contributed by atoms with van der Waals surface area (Å²) >= 11 is 0. The van der Waals surface area contributed by atoms with E-state index >= 15 is 0 Å². The van der Waals surface area contributed by atoms with Gasteiger partial charge in [-0.25, -0.2) is 4.39 Å². The maximum Gasteiger partial charge on any atom is 0.237 e. The molecular weight excluding hydrogens is 275 g/mol. The molecule has 0 saturated carbocycles. The van der Waals surface area contributed by atoms with Crippen LogP contribution in [0.4, 0.5) is 4.39 Å². The fourth-order valence-corrected chi connectivity index (χ4v) is 2.23. The highest BCUT2D eigenvalue weighted by Gasteiger charge is 2.27. The Morgan fingerprint density at radius 3 is 3.10 bits per heavy atom. The van der Waals surface area contributed by atoms with Crippen molar-refractivity contribution in [2.75, 3.05) is 26.4 Å².